The Morgan fingerprint density at radius 2 is 1.79 bits per heavy atom. The third-order valence-corrected chi connectivity index (χ3v) is 3.81. The Balaban J connectivity index is 1.67. The summed E-state index contributed by atoms with van der Waals surface area (Å²) in [6.45, 7) is 4.29. The lowest BCUT2D eigenvalue weighted by Crippen LogP contribution is -2.27. The summed E-state index contributed by atoms with van der Waals surface area (Å²) in [5.74, 6) is 1.32. The fraction of sp³-hybridized carbons (Fsp3) is 0.316. The molecule has 1 aliphatic heterocycles. The molecule has 0 radical (unpaired) electrons. The molecular formula is C19H21NO4. The predicted molar refractivity (Wildman–Crippen MR) is 89.8 cm³/mol. The van der Waals surface area contributed by atoms with Crippen molar-refractivity contribution >= 4 is 5.97 Å². The van der Waals surface area contributed by atoms with Crippen LogP contribution in [0.1, 0.15) is 18.1 Å². The minimum Gasteiger partial charge on any atom is -0.465 e. The van der Waals surface area contributed by atoms with Gasteiger partial charge in [-0.2, -0.15) is 0 Å². The highest BCUT2D eigenvalue weighted by Gasteiger charge is 2.15. The molecule has 24 heavy (non-hydrogen) atoms. The lowest BCUT2D eigenvalue weighted by Gasteiger charge is -2.22. The zero-order valence-electron chi connectivity index (χ0n) is 13.7. The fourth-order valence-corrected chi connectivity index (χ4v) is 2.67. The minimum atomic E-state index is -0.252. The lowest BCUT2D eigenvalue weighted by molar-refractivity contribution is -0.141. The first-order chi connectivity index (χ1) is 11.7. The Bertz CT molecular complexity index is 687. The largest absolute Gasteiger partial charge is 0.465 e. The molecule has 0 saturated heterocycles. The lowest BCUT2D eigenvalue weighted by atomic mass is 10.1. The van der Waals surface area contributed by atoms with Crippen molar-refractivity contribution < 1.29 is 19.0 Å². The van der Waals surface area contributed by atoms with Crippen LogP contribution in [0.4, 0.5) is 0 Å². The van der Waals surface area contributed by atoms with Gasteiger partial charge in [0.25, 0.3) is 0 Å². The Morgan fingerprint density at radius 3 is 2.58 bits per heavy atom. The van der Waals surface area contributed by atoms with Gasteiger partial charge in [-0.25, -0.2) is 0 Å². The van der Waals surface area contributed by atoms with Crippen LogP contribution >= 0.6 is 0 Å². The van der Waals surface area contributed by atoms with Crippen molar-refractivity contribution in [1.29, 1.82) is 0 Å². The number of hydrogen-bond acceptors (Lipinski definition) is 5. The van der Waals surface area contributed by atoms with Crippen LogP contribution in [0.3, 0.4) is 0 Å². The first kappa shape index (κ1) is 16.3. The zero-order chi connectivity index (χ0) is 16.8. The van der Waals surface area contributed by atoms with Crippen molar-refractivity contribution in [2.45, 2.75) is 20.0 Å². The van der Waals surface area contributed by atoms with Crippen molar-refractivity contribution in [1.82, 2.24) is 4.90 Å². The molecule has 0 spiro atoms. The van der Waals surface area contributed by atoms with Gasteiger partial charge in [0.15, 0.2) is 11.5 Å². The standard InChI is InChI=1S/C19H21NO4/c1-15(21)22-10-9-20(12-16-5-3-2-4-6-16)13-17-7-8-18-19(11-17)24-14-23-18/h2-8,11H,9-10,12-14H2,1H3. The number of carbonyl (C=O) groups is 1. The van der Waals surface area contributed by atoms with E-state index in [4.69, 9.17) is 14.2 Å². The van der Waals surface area contributed by atoms with Crippen LogP contribution in [0, 0.1) is 0 Å². The molecule has 5 nitrogen and oxygen atoms in total. The van der Waals surface area contributed by atoms with Crippen LogP contribution in [0.15, 0.2) is 48.5 Å². The van der Waals surface area contributed by atoms with Crippen molar-refractivity contribution in [2.24, 2.45) is 0 Å². The molecule has 0 saturated carbocycles. The Labute approximate surface area is 141 Å². The van der Waals surface area contributed by atoms with E-state index in [-0.39, 0.29) is 12.8 Å². The molecule has 0 aromatic heterocycles. The van der Waals surface area contributed by atoms with E-state index in [1.54, 1.807) is 0 Å². The van der Waals surface area contributed by atoms with E-state index >= 15 is 0 Å². The van der Waals surface area contributed by atoms with Crippen LogP contribution < -0.4 is 9.47 Å². The van der Waals surface area contributed by atoms with E-state index in [1.807, 2.05) is 36.4 Å². The van der Waals surface area contributed by atoms with Crippen LogP contribution in [-0.2, 0) is 22.6 Å². The van der Waals surface area contributed by atoms with E-state index in [2.05, 4.69) is 17.0 Å². The maximum absolute atomic E-state index is 11.0. The van der Waals surface area contributed by atoms with E-state index in [1.165, 1.54) is 12.5 Å². The Morgan fingerprint density at radius 1 is 1.04 bits per heavy atom. The van der Waals surface area contributed by atoms with Gasteiger partial charge in [-0.05, 0) is 23.3 Å². The third-order valence-electron chi connectivity index (χ3n) is 3.81. The number of carbonyl (C=O) groups excluding carboxylic acids is 1. The van der Waals surface area contributed by atoms with Gasteiger partial charge in [-0.1, -0.05) is 36.4 Å². The second-order valence-corrected chi connectivity index (χ2v) is 5.72. The van der Waals surface area contributed by atoms with Gasteiger partial charge in [0.2, 0.25) is 6.79 Å². The van der Waals surface area contributed by atoms with Gasteiger partial charge in [0.05, 0.1) is 0 Å². The van der Waals surface area contributed by atoms with Gasteiger partial charge >= 0.3 is 5.97 Å². The summed E-state index contributed by atoms with van der Waals surface area (Å²) in [6.07, 6.45) is 0. The highest BCUT2D eigenvalue weighted by Crippen LogP contribution is 2.32. The number of hydrogen-bond donors (Lipinski definition) is 0. The SMILES string of the molecule is CC(=O)OCCN(Cc1ccccc1)Cc1ccc2c(c1)OCO2. The van der Waals surface area contributed by atoms with Gasteiger partial charge in [-0.3, -0.25) is 9.69 Å². The Kier molecular flexibility index (Phi) is 5.33. The van der Waals surface area contributed by atoms with E-state index in [0.717, 1.165) is 30.2 Å². The van der Waals surface area contributed by atoms with Crippen LogP contribution in [0.2, 0.25) is 0 Å². The van der Waals surface area contributed by atoms with Gasteiger partial charge in [0.1, 0.15) is 6.61 Å². The molecule has 126 valence electrons. The smallest absolute Gasteiger partial charge is 0.302 e. The van der Waals surface area contributed by atoms with Crippen LogP contribution in [-0.4, -0.2) is 30.8 Å². The average molecular weight is 327 g/mol. The maximum Gasteiger partial charge on any atom is 0.302 e. The second-order valence-electron chi connectivity index (χ2n) is 5.72. The predicted octanol–water partition coefficient (Wildman–Crippen LogP) is 2.98. The molecule has 0 N–H and O–H groups in total. The molecule has 0 unspecified atom stereocenters. The van der Waals surface area contributed by atoms with E-state index < -0.39 is 0 Å². The quantitative estimate of drug-likeness (QED) is 0.732. The van der Waals surface area contributed by atoms with Crippen molar-refractivity contribution in [3.05, 3.63) is 59.7 Å². The molecule has 3 rings (SSSR count). The fourth-order valence-electron chi connectivity index (χ4n) is 2.67. The summed E-state index contributed by atoms with van der Waals surface area (Å²) in [5.41, 5.74) is 2.36. The molecule has 0 bridgehead atoms. The summed E-state index contributed by atoms with van der Waals surface area (Å²) in [6, 6.07) is 16.2. The summed E-state index contributed by atoms with van der Waals surface area (Å²) >= 11 is 0. The molecule has 0 atom stereocenters. The monoisotopic (exact) mass is 327 g/mol. The number of nitrogens with zero attached hydrogens (tertiary/aromatic N) is 1. The highest BCUT2D eigenvalue weighted by atomic mass is 16.7. The molecule has 0 fully saturated rings. The summed E-state index contributed by atoms with van der Waals surface area (Å²) in [4.78, 5) is 13.2. The topological polar surface area (TPSA) is 48.0 Å². The van der Waals surface area contributed by atoms with Crippen molar-refractivity contribution in [2.75, 3.05) is 19.9 Å². The number of benzene rings is 2. The zero-order valence-corrected chi connectivity index (χ0v) is 13.7. The molecule has 2 aromatic carbocycles. The summed E-state index contributed by atoms with van der Waals surface area (Å²) in [5, 5.41) is 0. The number of fused-ring (bicyclic) bond motifs is 1. The molecule has 0 amide bonds. The number of esters is 1. The molecule has 2 aromatic rings. The van der Waals surface area contributed by atoms with Gasteiger partial charge < -0.3 is 14.2 Å². The molecule has 0 aliphatic carbocycles. The maximum atomic E-state index is 11.0. The van der Waals surface area contributed by atoms with Crippen LogP contribution in [0.5, 0.6) is 11.5 Å². The second kappa shape index (κ2) is 7.84. The first-order valence-electron chi connectivity index (χ1n) is 7.99. The molecular weight excluding hydrogens is 306 g/mol. The summed E-state index contributed by atoms with van der Waals surface area (Å²) < 4.78 is 15.9. The van der Waals surface area contributed by atoms with Crippen molar-refractivity contribution in [3.63, 3.8) is 0 Å². The average Bonchev–Trinajstić information content (AvgIpc) is 3.03. The van der Waals surface area contributed by atoms with Crippen LogP contribution in [0.25, 0.3) is 0 Å². The normalized spacial score (nSPS) is 12.4. The Hall–Kier alpha value is -2.53. The number of rotatable bonds is 7. The minimum absolute atomic E-state index is 0.252. The molecule has 5 heteroatoms. The number of ether oxygens (including phenoxy) is 3. The van der Waals surface area contributed by atoms with Crippen molar-refractivity contribution in [3.8, 4) is 11.5 Å². The highest BCUT2D eigenvalue weighted by molar-refractivity contribution is 5.65. The van der Waals surface area contributed by atoms with E-state index in [0.29, 0.717) is 13.2 Å². The van der Waals surface area contributed by atoms with Gasteiger partial charge in [0, 0.05) is 26.6 Å². The van der Waals surface area contributed by atoms with E-state index in [9.17, 15) is 4.79 Å². The first-order valence-corrected chi connectivity index (χ1v) is 7.99. The summed E-state index contributed by atoms with van der Waals surface area (Å²) in [7, 11) is 0. The third kappa shape index (κ3) is 4.49. The molecule has 1 heterocycles. The molecule has 1 aliphatic rings. The van der Waals surface area contributed by atoms with Gasteiger partial charge in [-0.15, -0.1) is 0 Å².